The maximum Gasteiger partial charge on any atom is 0.278 e. The summed E-state index contributed by atoms with van der Waals surface area (Å²) in [6, 6.07) is 12.5. The highest BCUT2D eigenvalue weighted by atomic mass is 79.9. The zero-order chi connectivity index (χ0) is 14.1. The van der Waals surface area contributed by atoms with Crippen LogP contribution in [-0.2, 0) is 6.54 Å². The van der Waals surface area contributed by atoms with Crippen LogP contribution < -0.4 is 21.5 Å². The summed E-state index contributed by atoms with van der Waals surface area (Å²) < 4.78 is 3.06. The molecule has 1 heterocycles. The molecule has 0 unspecified atom stereocenters. The molecule has 108 valence electrons. The minimum absolute atomic E-state index is 0. The Bertz CT molecular complexity index is 807. The van der Waals surface area contributed by atoms with Crippen molar-refractivity contribution in [3.05, 3.63) is 68.7 Å². The normalized spacial score (nSPS) is 10.3. The lowest BCUT2D eigenvalue weighted by Crippen LogP contribution is -3.00. The number of rotatable bonds is 3. The molecule has 0 aliphatic heterocycles. The first-order chi connectivity index (χ1) is 9.65. The standard InChI is InChI=1S/C14H10ClN2O2S.BrH/c15-11-5-6-13-14(7-11)20-9-16(13)8-10-3-1-2-4-12(10)17(18)19;/h1-7,9H,8H2;1H/q+1;/p-1. The van der Waals surface area contributed by atoms with E-state index in [0.717, 1.165) is 10.2 Å². The third-order valence-electron chi connectivity index (χ3n) is 3.07. The van der Waals surface area contributed by atoms with Crippen LogP contribution in [0.25, 0.3) is 10.2 Å². The second-order valence-corrected chi connectivity index (χ2v) is 5.67. The Morgan fingerprint density at radius 3 is 2.76 bits per heavy atom. The topological polar surface area (TPSA) is 47.0 Å². The Kier molecular flexibility index (Phi) is 4.92. The smallest absolute Gasteiger partial charge is 0.278 e. The summed E-state index contributed by atoms with van der Waals surface area (Å²) in [7, 11) is 0. The summed E-state index contributed by atoms with van der Waals surface area (Å²) in [5.74, 6) is 0. The average Bonchev–Trinajstić information content (AvgIpc) is 2.81. The Morgan fingerprint density at radius 1 is 1.24 bits per heavy atom. The van der Waals surface area contributed by atoms with Gasteiger partial charge in [0.05, 0.1) is 10.5 Å². The molecule has 21 heavy (non-hydrogen) atoms. The van der Waals surface area contributed by atoms with E-state index in [1.807, 2.05) is 34.3 Å². The number of benzene rings is 2. The molecule has 0 saturated carbocycles. The molecule has 3 aromatic rings. The highest BCUT2D eigenvalue weighted by Gasteiger charge is 2.19. The minimum atomic E-state index is -0.346. The summed E-state index contributed by atoms with van der Waals surface area (Å²) in [5, 5.41) is 11.7. The fourth-order valence-electron chi connectivity index (χ4n) is 2.13. The van der Waals surface area contributed by atoms with E-state index in [0.29, 0.717) is 17.1 Å². The number of thiazole rings is 1. The first-order valence-electron chi connectivity index (χ1n) is 5.93. The molecule has 0 radical (unpaired) electrons. The molecule has 0 atom stereocenters. The van der Waals surface area contributed by atoms with Gasteiger partial charge < -0.3 is 17.0 Å². The van der Waals surface area contributed by atoms with Crippen molar-refractivity contribution in [2.45, 2.75) is 6.54 Å². The van der Waals surface area contributed by atoms with Crippen molar-refractivity contribution >= 4 is 38.8 Å². The van der Waals surface area contributed by atoms with Crippen LogP contribution in [0.2, 0.25) is 5.02 Å². The zero-order valence-corrected chi connectivity index (χ0v) is 13.9. The van der Waals surface area contributed by atoms with Crippen molar-refractivity contribution < 1.29 is 26.5 Å². The van der Waals surface area contributed by atoms with Crippen LogP contribution in [0, 0.1) is 10.1 Å². The van der Waals surface area contributed by atoms with Gasteiger partial charge in [0.2, 0.25) is 11.0 Å². The van der Waals surface area contributed by atoms with Crippen molar-refractivity contribution in [2.24, 2.45) is 0 Å². The average molecular weight is 386 g/mol. The van der Waals surface area contributed by atoms with Gasteiger partial charge in [-0.2, -0.15) is 4.57 Å². The van der Waals surface area contributed by atoms with Crippen molar-refractivity contribution in [3.8, 4) is 0 Å². The molecule has 0 spiro atoms. The maximum atomic E-state index is 11.0. The van der Waals surface area contributed by atoms with E-state index in [9.17, 15) is 10.1 Å². The number of aromatic nitrogens is 1. The lowest BCUT2D eigenvalue weighted by atomic mass is 10.2. The van der Waals surface area contributed by atoms with Crippen LogP contribution >= 0.6 is 22.9 Å². The van der Waals surface area contributed by atoms with Crippen LogP contribution in [0.15, 0.2) is 48.0 Å². The van der Waals surface area contributed by atoms with E-state index in [4.69, 9.17) is 11.6 Å². The van der Waals surface area contributed by atoms with E-state index in [1.165, 1.54) is 6.07 Å². The van der Waals surface area contributed by atoms with Gasteiger partial charge in [-0.1, -0.05) is 35.1 Å². The number of hydrogen-bond donors (Lipinski definition) is 0. The molecule has 3 rings (SSSR count). The minimum Gasteiger partial charge on any atom is -1.00 e. The van der Waals surface area contributed by atoms with Crippen LogP contribution in [0.3, 0.4) is 0 Å². The molecule has 0 aliphatic rings. The zero-order valence-electron chi connectivity index (χ0n) is 10.7. The first-order valence-corrected chi connectivity index (χ1v) is 7.19. The van der Waals surface area contributed by atoms with Gasteiger partial charge in [0.25, 0.3) is 5.69 Å². The monoisotopic (exact) mass is 384 g/mol. The molecular formula is C14H10BrClN2O2S. The predicted octanol–water partition coefficient (Wildman–Crippen LogP) is 0.803. The van der Waals surface area contributed by atoms with Gasteiger partial charge >= 0.3 is 0 Å². The van der Waals surface area contributed by atoms with Crippen LogP contribution in [0.5, 0.6) is 0 Å². The highest BCUT2D eigenvalue weighted by molar-refractivity contribution is 7.16. The summed E-state index contributed by atoms with van der Waals surface area (Å²) in [4.78, 5) is 10.7. The molecular weight excluding hydrogens is 376 g/mol. The number of nitro benzene ring substituents is 1. The van der Waals surface area contributed by atoms with Gasteiger partial charge in [-0.25, -0.2) is 0 Å². The molecule has 2 aromatic carbocycles. The van der Waals surface area contributed by atoms with Crippen molar-refractivity contribution in [1.82, 2.24) is 0 Å². The lowest BCUT2D eigenvalue weighted by molar-refractivity contribution is -0.658. The number of halogens is 2. The summed E-state index contributed by atoms with van der Waals surface area (Å²) >= 11 is 7.53. The lowest BCUT2D eigenvalue weighted by Gasteiger charge is -1.98. The van der Waals surface area contributed by atoms with Gasteiger partial charge in [0, 0.05) is 17.2 Å². The molecule has 0 saturated heterocycles. The Hall–Kier alpha value is -1.50. The first kappa shape index (κ1) is 15.9. The Morgan fingerprint density at radius 2 is 2.00 bits per heavy atom. The van der Waals surface area contributed by atoms with Crippen molar-refractivity contribution in [1.29, 1.82) is 0 Å². The SMILES string of the molecule is O=[N+]([O-])c1ccccc1C[n+]1csc2cc(Cl)ccc21.[Br-]. The van der Waals surface area contributed by atoms with E-state index < -0.39 is 0 Å². The summed E-state index contributed by atoms with van der Waals surface area (Å²) in [6.07, 6.45) is 0. The number of para-hydroxylation sites is 1. The predicted molar refractivity (Wildman–Crippen MR) is 79.2 cm³/mol. The number of nitro groups is 1. The molecule has 0 fully saturated rings. The highest BCUT2D eigenvalue weighted by Crippen LogP contribution is 2.22. The number of fused-ring (bicyclic) bond motifs is 1. The van der Waals surface area contributed by atoms with Gasteiger partial charge in [0.1, 0.15) is 4.70 Å². The van der Waals surface area contributed by atoms with Gasteiger partial charge in [-0.3, -0.25) is 10.1 Å². The molecule has 0 amide bonds. The second-order valence-electron chi connectivity index (χ2n) is 4.35. The summed E-state index contributed by atoms with van der Waals surface area (Å²) in [5.41, 5.74) is 3.82. The quantitative estimate of drug-likeness (QED) is 0.380. The van der Waals surface area contributed by atoms with Crippen molar-refractivity contribution in [2.75, 3.05) is 0 Å². The van der Waals surface area contributed by atoms with Gasteiger partial charge in [0.15, 0.2) is 6.54 Å². The molecule has 1 aromatic heterocycles. The molecule has 0 aliphatic carbocycles. The third-order valence-corrected chi connectivity index (χ3v) is 4.24. The van der Waals surface area contributed by atoms with Crippen molar-refractivity contribution in [3.63, 3.8) is 0 Å². The second kappa shape index (κ2) is 6.51. The molecule has 0 bridgehead atoms. The van der Waals surface area contributed by atoms with Crippen LogP contribution in [0.4, 0.5) is 5.69 Å². The molecule has 7 heteroatoms. The van der Waals surface area contributed by atoms with Gasteiger partial charge in [-0.15, -0.1) is 0 Å². The molecule has 4 nitrogen and oxygen atoms in total. The van der Waals surface area contributed by atoms with Crippen LogP contribution in [-0.4, -0.2) is 4.92 Å². The largest absolute Gasteiger partial charge is 1.00 e. The Balaban J connectivity index is 0.00000161. The van der Waals surface area contributed by atoms with E-state index in [2.05, 4.69) is 0 Å². The van der Waals surface area contributed by atoms with E-state index >= 15 is 0 Å². The molecule has 0 N–H and O–H groups in total. The van der Waals surface area contributed by atoms with Gasteiger partial charge in [-0.05, 0) is 18.2 Å². The Labute approximate surface area is 140 Å². The fourth-order valence-corrected chi connectivity index (χ4v) is 3.29. The fraction of sp³-hybridized carbons (Fsp3) is 0.0714. The third kappa shape index (κ3) is 3.23. The maximum absolute atomic E-state index is 11.0. The number of hydrogen-bond acceptors (Lipinski definition) is 3. The van der Waals surface area contributed by atoms with E-state index in [-0.39, 0.29) is 27.6 Å². The van der Waals surface area contributed by atoms with Crippen LogP contribution in [0.1, 0.15) is 5.56 Å². The summed E-state index contributed by atoms with van der Waals surface area (Å²) in [6.45, 7) is 0.471. The van der Waals surface area contributed by atoms with E-state index in [1.54, 1.807) is 23.5 Å². The number of nitrogens with zero attached hydrogens (tertiary/aromatic N) is 2.